The van der Waals surface area contributed by atoms with Crippen molar-refractivity contribution >= 4 is 0 Å². The highest BCUT2D eigenvalue weighted by Gasteiger charge is 2.54. The SMILES string of the molecule is COCCNC1CC2(CCCCC2)N(O)C2(CCCCC2)C1. The summed E-state index contributed by atoms with van der Waals surface area (Å²) in [5, 5.41) is 16.8. The van der Waals surface area contributed by atoms with Crippen LogP contribution in [0.25, 0.3) is 0 Å². The molecular formula is C18H34N2O2. The third-order valence-electron chi connectivity index (χ3n) is 6.46. The number of hydrogen-bond donors (Lipinski definition) is 2. The van der Waals surface area contributed by atoms with Crippen LogP contribution in [0.15, 0.2) is 0 Å². The predicted octanol–water partition coefficient (Wildman–Crippen LogP) is 3.48. The van der Waals surface area contributed by atoms with Crippen LogP contribution in [0.4, 0.5) is 0 Å². The van der Waals surface area contributed by atoms with Gasteiger partial charge < -0.3 is 15.3 Å². The summed E-state index contributed by atoms with van der Waals surface area (Å²) in [6, 6.07) is 0.537. The molecule has 3 fully saturated rings. The molecule has 0 radical (unpaired) electrons. The van der Waals surface area contributed by atoms with Gasteiger partial charge in [0, 0.05) is 30.8 Å². The van der Waals surface area contributed by atoms with E-state index < -0.39 is 0 Å². The number of rotatable bonds is 4. The Morgan fingerprint density at radius 2 is 1.45 bits per heavy atom. The van der Waals surface area contributed by atoms with Gasteiger partial charge in [-0.3, -0.25) is 0 Å². The highest BCUT2D eigenvalue weighted by molar-refractivity contribution is 5.07. The Balaban J connectivity index is 1.77. The second-order valence-corrected chi connectivity index (χ2v) is 7.93. The fourth-order valence-electron chi connectivity index (χ4n) is 5.43. The molecule has 0 atom stereocenters. The zero-order chi connectivity index (χ0) is 15.5. The Morgan fingerprint density at radius 3 is 1.91 bits per heavy atom. The topological polar surface area (TPSA) is 44.7 Å². The minimum atomic E-state index is 0.0403. The third-order valence-corrected chi connectivity index (χ3v) is 6.46. The zero-order valence-electron chi connectivity index (χ0n) is 14.3. The van der Waals surface area contributed by atoms with Gasteiger partial charge in [-0.05, 0) is 38.5 Å². The molecule has 0 unspecified atom stereocenters. The summed E-state index contributed by atoms with van der Waals surface area (Å²) in [6.07, 6.45) is 14.7. The van der Waals surface area contributed by atoms with Crippen molar-refractivity contribution in [1.82, 2.24) is 10.4 Å². The average Bonchev–Trinajstić information content (AvgIpc) is 2.55. The molecule has 128 valence electrons. The molecule has 1 heterocycles. The van der Waals surface area contributed by atoms with Crippen LogP contribution in [-0.4, -0.2) is 47.7 Å². The lowest BCUT2D eigenvalue weighted by atomic mass is 9.65. The van der Waals surface area contributed by atoms with Crippen LogP contribution in [-0.2, 0) is 4.74 Å². The van der Waals surface area contributed by atoms with E-state index >= 15 is 0 Å². The van der Waals surface area contributed by atoms with Gasteiger partial charge in [-0.15, -0.1) is 0 Å². The van der Waals surface area contributed by atoms with Gasteiger partial charge in [-0.25, -0.2) is 0 Å². The summed E-state index contributed by atoms with van der Waals surface area (Å²) in [5.41, 5.74) is 0.0805. The van der Waals surface area contributed by atoms with Crippen molar-refractivity contribution < 1.29 is 9.94 Å². The van der Waals surface area contributed by atoms with Gasteiger partial charge in [0.1, 0.15) is 0 Å². The van der Waals surface area contributed by atoms with Crippen molar-refractivity contribution in [3.8, 4) is 0 Å². The summed E-state index contributed by atoms with van der Waals surface area (Å²) >= 11 is 0. The van der Waals surface area contributed by atoms with Crippen molar-refractivity contribution in [2.75, 3.05) is 20.3 Å². The first kappa shape index (κ1) is 16.7. The number of hydroxylamine groups is 2. The first-order valence-corrected chi connectivity index (χ1v) is 9.42. The first-order chi connectivity index (χ1) is 10.7. The molecule has 0 aromatic rings. The van der Waals surface area contributed by atoms with Crippen molar-refractivity contribution in [2.45, 2.75) is 94.2 Å². The van der Waals surface area contributed by atoms with Crippen molar-refractivity contribution in [3.63, 3.8) is 0 Å². The molecular weight excluding hydrogens is 276 g/mol. The fourth-order valence-corrected chi connectivity index (χ4v) is 5.43. The van der Waals surface area contributed by atoms with Gasteiger partial charge in [-0.2, -0.15) is 5.06 Å². The fraction of sp³-hybridized carbons (Fsp3) is 1.00. The maximum Gasteiger partial charge on any atom is 0.0587 e. The largest absolute Gasteiger partial charge is 0.383 e. The summed E-state index contributed by atoms with van der Waals surface area (Å²) < 4.78 is 5.21. The smallest absolute Gasteiger partial charge is 0.0587 e. The van der Waals surface area contributed by atoms with Gasteiger partial charge in [-0.1, -0.05) is 38.5 Å². The molecule has 0 bridgehead atoms. The Kier molecular flexibility index (Phi) is 5.43. The van der Waals surface area contributed by atoms with Gasteiger partial charge in [0.25, 0.3) is 0 Å². The van der Waals surface area contributed by atoms with Crippen LogP contribution >= 0.6 is 0 Å². The zero-order valence-corrected chi connectivity index (χ0v) is 14.3. The highest BCUT2D eigenvalue weighted by atomic mass is 16.5. The third kappa shape index (κ3) is 3.21. The monoisotopic (exact) mass is 310 g/mol. The Hall–Kier alpha value is -0.160. The molecule has 3 rings (SSSR count). The van der Waals surface area contributed by atoms with Crippen LogP contribution in [0.2, 0.25) is 0 Å². The Morgan fingerprint density at radius 1 is 0.955 bits per heavy atom. The molecule has 0 aromatic heterocycles. The van der Waals surface area contributed by atoms with E-state index in [2.05, 4.69) is 5.32 Å². The van der Waals surface area contributed by atoms with Crippen LogP contribution < -0.4 is 5.32 Å². The van der Waals surface area contributed by atoms with Crippen LogP contribution in [0, 0.1) is 0 Å². The molecule has 2 aliphatic carbocycles. The van der Waals surface area contributed by atoms with E-state index in [0.29, 0.717) is 6.04 Å². The van der Waals surface area contributed by atoms with E-state index in [0.717, 1.165) is 26.0 Å². The summed E-state index contributed by atoms with van der Waals surface area (Å²) in [6.45, 7) is 1.71. The molecule has 2 spiro atoms. The lowest BCUT2D eigenvalue weighted by Crippen LogP contribution is -2.67. The van der Waals surface area contributed by atoms with E-state index in [-0.39, 0.29) is 11.1 Å². The maximum absolute atomic E-state index is 11.2. The summed E-state index contributed by atoms with van der Waals surface area (Å²) in [4.78, 5) is 0. The number of piperidine rings is 1. The average molecular weight is 310 g/mol. The summed E-state index contributed by atoms with van der Waals surface area (Å²) in [7, 11) is 1.77. The lowest BCUT2D eigenvalue weighted by Gasteiger charge is -2.59. The standard InChI is InChI=1S/C18H34N2O2/c1-22-13-12-19-16-14-17(8-4-2-5-9-17)20(21)18(15-16)10-6-3-7-11-18/h16,19,21H,2-15H2,1H3. The highest BCUT2D eigenvalue weighted by Crippen LogP contribution is 2.50. The minimum absolute atomic E-state index is 0.0403. The quantitative estimate of drug-likeness (QED) is 0.780. The molecule has 3 aliphatic rings. The molecule has 1 saturated heterocycles. The van der Waals surface area contributed by atoms with Crippen LogP contribution in [0.5, 0.6) is 0 Å². The van der Waals surface area contributed by atoms with Crippen molar-refractivity contribution in [3.05, 3.63) is 0 Å². The van der Waals surface area contributed by atoms with E-state index in [4.69, 9.17) is 4.74 Å². The van der Waals surface area contributed by atoms with Gasteiger partial charge >= 0.3 is 0 Å². The molecule has 1 aliphatic heterocycles. The second-order valence-electron chi connectivity index (χ2n) is 7.93. The normalized spacial score (nSPS) is 31.6. The molecule has 0 aromatic carbocycles. The number of methoxy groups -OCH3 is 1. The van der Waals surface area contributed by atoms with Crippen molar-refractivity contribution in [1.29, 1.82) is 0 Å². The van der Waals surface area contributed by atoms with Crippen molar-refractivity contribution in [2.24, 2.45) is 0 Å². The lowest BCUT2D eigenvalue weighted by molar-refractivity contribution is -0.281. The van der Waals surface area contributed by atoms with Crippen LogP contribution in [0.3, 0.4) is 0 Å². The molecule has 2 saturated carbocycles. The van der Waals surface area contributed by atoms with E-state index in [1.54, 1.807) is 7.11 Å². The van der Waals surface area contributed by atoms with E-state index in [1.165, 1.54) is 64.2 Å². The Labute approximate surface area is 135 Å². The van der Waals surface area contributed by atoms with Gasteiger partial charge in [0.05, 0.1) is 6.61 Å². The van der Waals surface area contributed by atoms with Gasteiger partial charge in [0.2, 0.25) is 0 Å². The number of nitrogens with one attached hydrogen (secondary N) is 1. The van der Waals surface area contributed by atoms with E-state index in [1.807, 2.05) is 5.06 Å². The molecule has 4 nitrogen and oxygen atoms in total. The molecule has 0 amide bonds. The molecule has 2 N–H and O–H groups in total. The Bertz CT molecular complexity index is 321. The molecule has 22 heavy (non-hydrogen) atoms. The maximum atomic E-state index is 11.2. The number of hydrogen-bond acceptors (Lipinski definition) is 4. The predicted molar refractivity (Wildman–Crippen MR) is 88.2 cm³/mol. The van der Waals surface area contributed by atoms with E-state index in [9.17, 15) is 5.21 Å². The number of nitrogens with zero attached hydrogens (tertiary/aromatic N) is 1. The summed E-state index contributed by atoms with van der Waals surface area (Å²) in [5.74, 6) is 0. The molecule has 4 heteroatoms. The second kappa shape index (κ2) is 7.16. The minimum Gasteiger partial charge on any atom is -0.383 e. The first-order valence-electron chi connectivity index (χ1n) is 9.42. The number of ether oxygens (including phenoxy) is 1. The van der Waals surface area contributed by atoms with Crippen LogP contribution in [0.1, 0.15) is 77.0 Å². The van der Waals surface area contributed by atoms with Gasteiger partial charge in [0.15, 0.2) is 0 Å².